The first-order chi connectivity index (χ1) is 9.72. The first kappa shape index (κ1) is 15.1. The molecule has 0 radical (unpaired) electrons. The Kier molecular flexibility index (Phi) is 5.66. The molecule has 1 unspecified atom stereocenters. The molecule has 110 valence electrons. The Labute approximate surface area is 123 Å². The van der Waals surface area contributed by atoms with Gasteiger partial charge in [0.25, 0.3) is 0 Å². The highest BCUT2D eigenvalue weighted by Crippen LogP contribution is 2.18. The number of nitrogens with one attached hydrogen (secondary N) is 1. The fraction of sp³-hybridized carbons (Fsp3) is 0.556. The van der Waals surface area contributed by atoms with Crippen LogP contribution < -0.4 is 5.32 Å². The SMILES string of the molecule is CCCCCC(C)NCCn1c(C)cc2ccccc21. The van der Waals surface area contributed by atoms with Gasteiger partial charge < -0.3 is 9.88 Å². The average Bonchev–Trinajstić information content (AvgIpc) is 2.75. The number of unbranched alkanes of at least 4 members (excludes halogenated alkanes) is 2. The van der Waals surface area contributed by atoms with Gasteiger partial charge in [-0.2, -0.15) is 0 Å². The summed E-state index contributed by atoms with van der Waals surface area (Å²) in [4.78, 5) is 0. The third kappa shape index (κ3) is 3.86. The Hall–Kier alpha value is -1.28. The lowest BCUT2D eigenvalue weighted by Gasteiger charge is -2.15. The van der Waals surface area contributed by atoms with E-state index in [1.54, 1.807) is 0 Å². The number of hydrogen-bond donors (Lipinski definition) is 1. The molecule has 2 aromatic rings. The van der Waals surface area contributed by atoms with Gasteiger partial charge in [0.15, 0.2) is 0 Å². The molecule has 2 heteroatoms. The van der Waals surface area contributed by atoms with E-state index >= 15 is 0 Å². The molecule has 1 aromatic carbocycles. The number of nitrogens with zero attached hydrogens (tertiary/aromatic N) is 1. The van der Waals surface area contributed by atoms with Crippen molar-refractivity contribution in [2.75, 3.05) is 6.54 Å². The molecule has 1 atom stereocenters. The summed E-state index contributed by atoms with van der Waals surface area (Å²) in [5, 5.41) is 5.00. The van der Waals surface area contributed by atoms with Crippen LogP contribution in [-0.4, -0.2) is 17.2 Å². The zero-order chi connectivity index (χ0) is 14.4. The Morgan fingerprint density at radius 3 is 2.80 bits per heavy atom. The molecule has 0 aliphatic heterocycles. The molecular formula is C18H28N2. The fourth-order valence-electron chi connectivity index (χ4n) is 2.87. The van der Waals surface area contributed by atoms with E-state index in [4.69, 9.17) is 0 Å². The Morgan fingerprint density at radius 1 is 1.20 bits per heavy atom. The normalized spacial score (nSPS) is 12.9. The minimum Gasteiger partial charge on any atom is -0.344 e. The van der Waals surface area contributed by atoms with Crippen LogP contribution in [0.4, 0.5) is 0 Å². The van der Waals surface area contributed by atoms with E-state index in [1.165, 1.54) is 42.3 Å². The van der Waals surface area contributed by atoms with Crippen LogP contribution in [0.1, 0.15) is 45.2 Å². The summed E-state index contributed by atoms with van der Waals surface area (Å²) in [5.74, 6) is 0. The number of hydrogen-bond acceptors (Lipinski definition) is 1. The number of aromatic nitrogens is 1. The maximum absolute atomic E-state index is 3.65. The van der Waals surface area contributed by atoms with Gasteiger partial charge in [0, 0.05) is 30.3 Å². The molecule has 1 heterocycles. The van der Waals surface area contributed by atoms with E-state index in [-0.39, 0.29) is 0 Å². The third-order valence-electron chi connectivity index (χ3n) is 4.09. The molecule has 20 heavy (non-hydrogen) atoms. The second-order valence-corrected chi connectivity index (χ2v) is 5.85. The molecule has 1 aromatic heterocycles. The van der Waals surface area contributed by atoms with Crippen molar-refractivity contribution in [3.05, 3.63) is 36.0 Å². The highest BCUT2D eigenvalue weighted by Gasteiger charge is 2.05. The average molecular weight is 272 g/mol. The standard InChI is InChI=1S/C18H28N2/c1-4-5-6-9-15(2)19-12-13-20-16(3)14-17-10-7-8-11-18(17)20/h7-8,10-11,14-15,19H,4-6,9,12-13H2,1-3H3. The number of aryl methyl sites for hydroxylation is 1. The zero-order valence-electron chi connectivity index (χ0n) is 13.2. The number of rotatable bonds is 8. The lowest BCUT2D eigenvalue weighted by molar-refractivity contribution is 0.471. The van der Waals surface area contributed by atoms with Crippen molar-refractivity contribution in [1.82, 2.24) is 9.88 Å². The summed E-state index contributed by atoms with van der Waals surface area (Å²) in [6.07, 6.45) is 5.30. The second-order valence-electron chi connectivity index (χ2n) is 5.85. The van der Waals surface area contributed by atoms with Crippen molar-refractivity contribution in [3.63, 3.8) is 0 Å². The molecule has 2 nitrogen and oxygen atoms in total. The summed E-state index contributed by atoms with van der Waals surface area (Å²) in [7, 11) is 0. The molecule has 0 fully saturated rings. The smallest absolute Gasteiger partial charge is 0.0482 e. The molecule has 0 saturated carbocycles. The molecule has 0 aliphatic carbocycles. The third-order valence-corrected chi connectivity index (χ3v) is 4.09. The maximum Gasteiger partial charge on any atom is 0.0482 e. The molecule has 1 N–H and O–H groups in total. The van der Waals surface area contributed by atoms with Crippen LogP contribution in [0, 0.1) is 6.92 Å². The molecule has 0 saturated heterocycles. The van der Waals surface area contributed by atoms with Gasteiger partial charge in [-0.15, -0.1) is 0 Å². The zero-order valence-corrected chi connectivity index (χ0v) is 13.2. The van der Waals surface area contributed by atoms with Crippen LogP contribution in [0.25, 0.3) is 10.9 Å². The summed E-state index contributed by atoms with van der Waals surface area (Å²) in [5.41, 5.74) is 2.71. The van der Waals surface area contributed by atoms with E-state index in [2.05, 4.69) is 61.0 Å². The van der Waals surface area contributed by atoms with Crippen molar-refractivity contribution in [1.29, 1.82) is 0 Å². The van der Waals surface area contributed by atoms with Crippen molar-refractivity contribution in [2.45, 2.75) is 59.0 Å². The van der Waals surface area contributed by atoms with Gasteiger partial charge in [0.2, 0.25) is 0 Å². The largest absolute Gasteiger partial charge is 0.344 e. The minimum atomic E-state index is 0.628. The van der Waals surface area contributed by atoms with Gasteiger partial charge >= 0.3 is 0 Å². The van der Waals surface area contributed by atoms with Gasteiger partial charge in [-0.1, -0.05) is 44.4 Å². The molecule has 0 amide bonds. The summed E-state index contributed by atoms with van der Waals surface area (Å²) in [6.45, 7) is 8.86. The number of fused-ring (bicyclic) bond motifs is 1. The Bertz CT molecular complexity index is 527. The lowest BCUT2D eigenvalue weighted by Crippen LogP contribution is -2.29. The van der Waals surface area contributed by atoms with Crippen LogP contribution in [0.2, 0.25) is 0 Å². The summed E-state index contributed by atoms with van der Waals surface area (Å²) < 4.78 is 2.42. The van der Waals surface area contributed by atoms with E-state index in [1.807, 2.05) is 0 Å². The molecule has 0 spiro atoms. The number of para-hydroxylation sites is 1. The van der Waals surface area contributed by atoms with E-state index in [0.29, 0.717) is 6.04 Å². The van der Waals surface area contributed by atoms with Gasteiger partial charge in [0.05, 0.1) is 0 Å². The van der Waals surface area contributed by atoms with Gasteiger partial charge in [-0.25, -0.2) is 0 Å². The van der Waals surface area contributed by atoms with Crippen LogP contribution >= 0.6 is 0 Å². The van der Waals surface area contributed by atoms with Crippen molar-refractivity contribution >= 4 is 10.9 Å². The van der Waals surface area contributed by atoms with Crippen molar-refractivity contribution in [3.8, 4) is 0 Å². The van der Waals surface area contributed by atoms with E-state index in [0.717, 1.165) is 13.1 Å². The quantitative estimate of drug-likeness (QED) is 0.700. The summed E-state index contributed by atoms with van der Waals surface area (Å²) >= 11 is 0. The van der Waals surface area contributed by atoms with Crippen LogP contribution in [0.5, 0.6) is 0 Å². The predicted molar refractivity (Wildman–Crippen MR) is 88.3 cm³/mol. The second kappa shape index (κ2) is 7.49. The molecule has 0 aliphatic rings. The number of benzene rings is 1. The molecule has 0 bridgehead atoms. The van der Waals surface area contributed by atoms with Crippen molar-refractivity contribution in [2.24, 2.45) is 0 Å². The molecular weight excluding hydrogens is 244 g/mol. The van der Waals surface area contributed by atoms with Crippen molar-refractivity contribution < 1.29 is 0 Å². The maximum atomic E-state index is 3.65. The van der Waals surface area contributed by atoms with Crippen LogP contribution in [0.3, 0.4) is 0 Å². The monoisotopic (exact) mass is 272 g/mol. The van der Waals surface area contributed by atoms with Crippen LogP contribution in [0.15, 0.2) is 30.3 Å². The minimum absolute atomic E-state index is 0.628. The van der Waals surface area contributed by atoms with Gasteiger partial charge in [0.1, 0.15) is 0 Å². The summed E-state index contributed by atoms with van der Waals surface area (Å²) in [6, 6.07) is 11.6. The Balaban J connectivity index is 1.85. The first-order valence-corrected chi connectivity index (χ1v) is 8.00. The lowest BCUT2D eigenvalue weighted by atomic mass is 10.1. The van der Waals surface area contributed by atoms with Gasteiger partial charge in [-0.05, 0) is 37.8 Å². The topological polar surface area (TPSA) is 17.0 Å². The van der Waals surface area contributed by atoms with Gasteiger partial charge in [-0.3, -0.25) is 0 Å². The highest BCUT2D eigenvalue weighted by atomic mass is 15.0. The fourth-order valence-corrected chi connectivity index (χ4v) is 2.87. The highest BCUT2D eigenvalue weighted by molar-refractivity contribution is 5.81. The predicted octanol–water partition coefficient (Wildman–Crippen LogP) is 4.51. The van der Waals surface area contributed by atoms with E-state index < -0.39 is 0 Å². The molecule has 2 rings (SSSR count). The van der Waals surface area contributed by atoms with Crippen LogP contribution in [-0.2, 0) is 6.54 Å². The first-order valence-electron chi connectivity index (χ1n) is 8.00. The Morgan fingerprint density at radius 2 is 2.00 bits per heavy atom. The van der Waals surface area contributed by atoms with E-state index in [9.17, 15) is 0 Å².